The fourth-order valence-corrected chi connectivity index (χ4v) is 9.31. The molecule has 0 saturated carbocycles. The van der Waals surface area contributed by atoms with Crippen LogP contribution in [0.15, 0.2) is 35.8 Å². The Morgan fingerprint density at radius 3 is 2.64 bits per heavy atom. The van der Waals surface area contributed by atoms with Gasteiger partial charge in [-0.2, -0.15) is 11.8 Å². The Morgan fingerprint density at radius 2 is 1.87 bits per heavy atom. The Hall–Kier alpha value is -2.16. The van der Waals surface area contributed by atoms with E-state index in [9.17, 15) is 9.59 Å². The van der Waals surface area contributed by atoms with E-state index in [0.717, 1.165) is 81.9 Å². The van der Waals surface area contributed by atoms with Crippen molar-refractivity contribution in [3.8, 4) is 0 Å². The van der Waals surface area contributed by atoms with Crippen molar-refractivity contribution >= 4 is 46.2 Å². The van der Waals surface area contributed by atoms with Crippen LogP contribution in [0.3, 0.4) is 0 Å². The fraction of sp³-hybridized carbons (Fsp3) is 0.581. The largest absolute Gasteiger partial charge is 0.361 e. The molecule has 0 bridgehead atoms. The van der Waals surface area contributed by atoms with Gasteiger partial charge in [-0.15, -0.1) is 11.3 Å². The van der Waals surface area contributed by atoms with Gasteiger partial charge in [-0.05, 0) is 93.0 Å². The monoisotopic (exact) mass is 564 g/mol. The van der Waals surface area contributed by atoms with Crippen molar-refractivity contribution in [2.75, 3.05) is 37.7 Å². The minimum Gasteiger partial charge on any atom is -0.361 e. The molecule has 0 radical (unpaired) electrons. The van der Waals surface area contributed by atoms with Crippen LogP contribution in [0, 0.1) is 5.92 Å². The zero-order chi connectivity index (χ0) is 26.6. The third-order valence-corrected chi connectivity index (χ3v) is 11.5. The first-order chi connectivity index (χ1) is 19.2. The third-order valence-electron chi connectivity index (χ3n) is 9.26. The van der Waals surface area contributed by atoms with Crippen molar-refractivity contribution in [3.63, 3.8) is 0 Å². The van der Waals surface area contributed by atoms with Crippen LogP contribution in [0.2, 0.25) is 0 Å². The van der Waals surface area contributed by atoms with Gasteiger partial charge in [0.05, 0.1) is 5.01 Å². The smallest absolute Gasteiger partial charge is 0.273 e. The highest BCUT2D eigenvalue weighted by atomic mass is 32.2. The summed E-state index contributed by atoms with van der Waals surface area (Å²) in [5.41, 5.74) is 3.22. The lowest BCUT2D eigenvalue weighted by Crippen LogP contribution is -2.45. The van der Waals surface area contributed by atoms with Crippen LogP contribution in [-0.4, -0.2) is 75.7 Å². The predicted molar refractivity (Wildman–Crippen MR) is 161 cm³/mol. The van der Waals surface area contributed by atoms with E-state index in [1.165, 1.54) is 34.4 Å². The zero-order valence-corrected chi connectivity index (χ0v) is 24.4. The van der Waals surface area contributed by atoms with Crippen LogP contribution in [-0.2, 0) is 4.79 Å². The number of thioether (sulfide) groups is 1. The van der Waals surface area contributed by atoms with Crippen LogP contribution in [0.5, 0.6) is 0 Å². The number of fused-ring (bicyclic) bond motifs is 1. The van der Waals surface area contributed by atoms with E-state index in [1.807, 2.05) is 10.3 Å². The molecule has 208 valence electrons. The number of nitrogens with zero attached hydrogens (tertiary/aromatic N) is 3. The molecule has 39 heavy (non-hydrogen) atoms. The first kappa shape index (κ1) is 27.0. The van der Waals surface area contributed by atoms with Crippen LogP contribution in [0.4, 0.5) is 0 Å². The second-order valence-electron chi connectivity index (χ2n) is 11.5. The van der Waals surface area contributed by atoms with Crippen LogP contribution < -0.4 is 0 Å². The molecule has 3 fully saturated rings. The number of H-pyrrole nitrogens is 1. The maximum Gasteiger partial charge on any atom is 0.273 e. The molecule has 3 aliphatic rings. The number of hydrogen-bond acceptors (Lipinski definition) is 6. The van der Waals surface area contributed by atoms with Gasteiger partial charge in [-0.3, -0.25) is 4.79 Å². The number of likely N-dealkylation sites (tertiary alicyclic amines) is 2. The second-order valence-corrected chi connectivity index (χ2v) is 13.6. The van der Waals surface area contributed by atoms with Gasteiger partial charge in [0.25, 0.3) is 5.91 Å². The van der Waals surface area contributed by atoms with Crippen molar-refractivity contribution in [3.05, 3.63) is 52.1 Å². The number of rotatable bonds is 9. The summed E-state index contributed by atoms with van der Waals surface area (Å²) in [6, 6.07) is 9.11. The normalized spacial score (nSPS) is 22.5. The van der Waals surface area contributed by atoms with Crippen molar-refractivity contribution in [1.29, 1.82) is 0 Å². The lowest BCUT2D eigenvalue weighted by atomic mass is 9.89. The number of para-hydroxylation sites is 1. The molecule has 5 heterocycles. The summed E-state index contributed by atoms with van der Waals surface area (Å²) < 4.78 is 0. The average Bonchev–Trinajstić information content (AvgIpc) is 3.77. The van der Waals surface area contributed by atoms with Gasteiger partial charge in [-0.25, -0.2) is 4.98 Å². The highest BCUT2D eigenvalue weighted by Gasteiger charge is 2.34. The maximum absolute atomic E-state index is 13.3. The number of benzene rings is 1. The molecule has 0 spiro atoms. The predicted octanol–water partition coefficient (Wildman–Crippen LogP) is 6.31. The number of unbranched alkanes of at least 4 members (excludes halogenated alkanes) is 1. The lowest BCUT2D eigenvalue weighted by molar-refractivity contribution is -0.108. The molecule has 1 amide bonds. The van der Waals surface area contributed by atoms with Crippen molar-refractivity contribution in [1.82, 2.24) is 19.8 Å². The summed E-state index contributed by atoms with van der Waals surface area (Å²) in [5.74, 6) is 4.36. The molecule has 6 rings (SSSR count). The molecule has 3 aromatic rings. The highest BCUT2D eigenvalue weighted by molar-refractivity contribution is 7.99. The molecule has 2 aromatic heterocycles. The van der Waals surface area contributed by atoms with E-state index in [-0.39, 0.29) is 5.91 Å². The van der Waals surface area contributed by atoms with Gasteiger partial charge in [-0.1, -0.05) is 18.2 Å². The molecule has 0 aliphatic carbocycles. The number of aldehydes is 1. The quantitative estimate of drug-likeness (QED) is 0.244. The number of carbonyl (C=O) groups excluding carboxylic acids is 2. The molecule has 6 nitrogen and oxygen atoms in total. The van der Waals surface area contributed by atoms with Gasteiger partial charge >= 0.3 is 0 Å². The summed E-state index contributed by atoms with van der Waals surface area (Å²) in [6.45, 7) is 3.78. The highest BCUT2D eigenvalue weighted by Crippen LogP contribution is 2.37. The molecule has 3 aliphatic heterocycles. The molecule has 2 atom stereocenters. The summed E-state index contributed by atoms with van der Waals surface area (Å²) >= 11 is 3.76. The second kappa shape index (κ2) is 12.6. The van der Waals surface area contributed by atoms with E-state index in [0.29, 0.717) is 30.0 Å². The summed E-state index contributed by atoms with van der Waals surface area (Å²) in [6.07, 6.45) is 11.6. The fourth-order valence-electron chi connectivity index (χ4n) is 7.02. The van der Waals surface area contributed by atoms with E-state index >= 15 is 0 Å². The molecule has 8 heteroatoms. The summed E-state index contributed by atoms with van der Waals surface area (Å²) in [5, 5.41) is 4.45. The van der Waals surface area contributed by atoms with Crippen LogP contribution in [0.1, 0.15) is 84.3 Å². The number of thiazole rings is 1. The van der Waals surface area contributed by atoms with E-state index < -0.39 is 0 Å². The molecule has 1 N–H and O–H groups in total. The number of piperidine rings is 2. The summed E-state index contributed by atoms with van der Waals surface area (Å²) in [4.78, 5) is 37.2. The van der Waals surface area contributed by atoms with Gasteiger partial charge in [0.15, 0.2) is 0 Å². The Kier molecular flexibility index (Phi) is 8.71. The first-order valence-corrected chi connectivity index (χ1v) is 16.8. The lowest BCUT2D eigenvalue weighted by Gasteiger charge is -2.40. The molecule has 1 unspecified atom stereocenters. The standard InChI is InChI=1S/C31H40N4O2S2/c36-17-4-3-7-29(24-12-18-38-20-24)34-13-10-23(11-14-34)30-33-28(21-39-30)31(37)35-15-8-22(9-16-35)26-19-32-27-6-2-1-5-25(26)27/h1-2,5-6,17,19,21-24,29,32H,3-4,7-16,18,20H2/t24?,29-/m0/s1. The molecular weight excluding hydrogens is 525 g/mol. The SMILES string of the molecule is O=CCCC[C@@H](C1CCSC1)N1CCC(c2nc(C(=O)N3CCC(c4c[nH]c5ccccc45)CC3)cs2)CC1. The van der Waals surface area contributed by atoms with Crippen molar-refractivity contribution in [2.24, 2.45) is 5.92 Å². The number of carbonyl (C=O) groups is 2. The Labute approximate surface area is 239 Å². The number of hydrogen-bond donors (Lipinski definition) is 1. The van der Waals surface area contributed by atoms with Gasteiger partial charge in [0.1, 0.15) is 12.0 Å². The average molecular weight is 565 g/mol. The zero-order valence-electron chi connectivity index (χ0n) is 22.7. The van der Waals surface area contributed by atoms with Crippen molar-refractivity contribution in [2.45, 2.75) is 69.2 Å². The first-order valence-electron chi connectivity index (χ1n) is 14.8. The molecular formula is C31H40N4O2S2. The van der Waals surface area contributed by atoms with E-state index in [4.69, 9.17) is 4.98 Å². The Morgan fingerprint density at radius 1 is 1.08 bits per heavy atom. The number of nitrogens with one attached hydrogen (secondary N) is 1. The number of aromatic amines is 1. The molecule has 1 aromatic carbocycles. The van der Waals surface area contributed by atoms with Crippen LogP contribution in [0.25, 0.3) is 10.9 Å². The van der Waals surface area contributed by atoms with Gasteiger partial charge in [0.2, 0.25) is 0 Å². The topological polar surface area (TPSA) is 69.3 Å². The maximum atomic E-state index is 13.3. The van der Waals surface area contributed by atoms with Crippen LogP contribution >= 0.6 is 23.1 Å². The van der Waals surface area contributed by atoms with Gasteiger partial charge < -0.3 is 19.6 Å². The summed E-state index contributed by atoms with van der Waals surface area (Å²) in [7, 11) is 0. The number of aromatic nitrogens is 2. The van der Waals surface area contributed by atoms with E-state index in [1.54, 1.807) is 11.3 Å². The van der Waals surface area contributed by atoms with Crippen molar-refractivity contribution < 1.29 is 9.59 Å². The minimum absolute atomic E-state index is 0.0984. The molecule has 3 saturated heterocycles. The Balaban J connectivity index is 1.02. The number of amides is 1. The Bertz CT molecular complexity index is 1250. The van der Waals surface area contributed by atoms with E-state index in [2.05, 4.69) is 52.1 Å². The minimum atomic E-state index is 0.0984. The van der Waals surface area contributed by atoms with Gasteiger partial charge in [0, 0.05) is 53.9 Å². The third kappa shape index (κ3) is 5.98.